The molecule has 1 heterocycles. The molecule has 0 bridgehead atoms. The molecular formula is C11H12N2S. The molecule has 0 aliphatic carbocycles. The van der Waals surface area contributed by atoms with Crippen LogP contribution in [0.2, 0.25) is 0 Å². The molecule has 1 N–H and O–H groups in total. The van der Waals surface area contributed by atoms with E-state index in [9.17, 15) is 0 Å². The van der Waals surface area contributed by atoms with E-state index in [4.69, 9.17) is 12.2 Å². The maximum Gasteiger partial charge on any atom is 0.137 e. The van der Waals surface area contributed by atoms with Crippen molar-refractivity contribution in [3.8, 4) is 0 Å². The molecule has 0 saturated heterocycles. The molecule has 0 radical (unpaired) electrons. The van der Waals surface area contributed by atoms with E-state index in [1.807, 2.05) is 6.92 Å². The Morgan fingerprint density at radius 3 is 2.64 bits per heavy atom. The van der Waals surface area contributed by atoms with Crippen molar-refractivity contribution in [2.24, 2.45) is 0 Å². The Bertz CT molecular complexity index is 550. The predicted octanol–water partition coefficient (Wildman–Crippen LogP) is 3.22. The van der Waals surface area contributed by atoms with Crippen LogP contribution >= 0.6 is 12.2 Å². The average molecular weight is 204 g/mol. The van der Waals surface area contributed by atoms with Gasteiger partial charge in [-0.3, -0.25) is 0 Å². The summed E-state index contributed by atoms with van der Waals surface area (Å²) in [5.41, 5.74) is 3.51. The van der Waals surface area contributed by atoms with Gasteiger partial charge in [-0.05, 0) is 38.0 Å². The van der Waals surface area contributed by atoms with Crippen molar-refractivity contribution in [2.75, 3.05) is 0 Å². The maximum absolute atomic E-state index is 5.24. The molecule has 0 unspecified atom stereocenters. The van der Waals surface area contributed by atoms with Crippen LogP contribution in [0.4, 0.5) is 0 Å². The molecule has 0 fully saturated rings. The van der Waals surface area contributed by atoms with E-state index in [-0.39, 0.29) is 0 Å². The fraction of sp³-hybridized carbons (Fsp3) is 0.273. The van der Waals surface area contributed by atoms with E-state index >= 15 is 0 Å². The van der Waals surface area contributed by atoms with Crippen molar-refractivity contribution in [3.05, 3.63) is 33.7 Å². The zero-order valence-corrected chi connectivity index (χ0v) is 9.33. The largest absolute Gasteiger partial charge is 0.343 e. The lowest BCUT2D eigenvalue weighted by Gasteiger charge is -2.05. The van der Waals surface area contributed by atoms with Crippen LogP contribution in [0, 0.1) is 25.4 Å². The second kappa shape index (κ2) is 3.17. The molecule has 2 aromatic rings. The highest BCUT2D eigenvalue weighted by molar-refractivity contribution is 7.71. The normalized spacial score (nSPS) is 10.8. The Morgan fingerprint density at radius 1 is 1.21 bits per heavy atom. The van der Waals surface area contributed by atoms with Gasteiger partial charge in [-0.2, -0.15) is 0 Å². The van der Waals surface area contributed by atoms with Crippen LogP contribution in [-0.2, 0) is 0 Å². The monoisotopic (exact) mass is 204 g/mol. The summed E-state index contributed by atoms with van der Waals surface area (Å²) in [6.45, 7) is 6.07. The highest BCUT2D eigenvalue weighted by Crippen LogP contribution is 2.19. The lowest BCUT2D eigenvalue weighted by atomic mass is 10.1. The van der Waals surface area contributed by atoms with Gasteiger partial charge < -0.3 is 4.98 Å². The molecule has 0 spiro atoms. The van der Waals surface area contributed by atoms with Gasteiger partial charge in [-0.1, -0.05) is 18.3 Å². The van der Waals surface area contributed by atoms with Crippen LogP contribution in [0.3, 0.4) is 0 Å². The summed E-state index contributed by atoms with van der Waals surface area (Å²) in [6, 6.07) is 4.23. The minimum Gasteiger partial charge on any atom is -0.343 e. The first-order valence-corrected chi connectivity index (χ1v) is 4.96. The molecule has 0 saturated carbocycles. The number of nitrogens with one attached hydrogen (secondary N) is 1. The van der Waals surface area contributed by atoms with Crippen LogP contribution in [0.15, 0.2) is 12.1 Å². The van der Waals surface area contributed by atoms with Gasteiger partial charge in [-0.15, -0.1) is 0 Å². The van der Waals surface area contributed by atoms with E-state index in [0.717, 1.165) is 16.7 Å². The zero-order valence-electron chi connectivity index (χ0n) is 8.51. The SMILES string of the molecule is Cc1cc(C)c2c(=S)nc(C)[nH]c2c1. The average Bonchev–Trinajstić information content (AvgIpc) is 1.99. The Morgan fingerprint density at radius 2 is 1.93 bits per heavy atom. The van der Waals surface area contributed by atoms with E-state index in [1.54, 1.807) is 0 Å². The van der Waals surface area contributed by atoms with Crippen molar-refractivity contribution >= 4 is 23.1 Å². The number of H-pyrrole nitrogens is 1. The third kappa shape index (κ3) is 1.44. The summed E-state index contributed by atoms with van der Waals surface area (Å²) >= 11 is 5.24. The molecule has 1 aromatic carbocycles. The molecule has 2 nitrogen and oxygen atoms in total. The third-order valence-electron chi connectivity index (χ3n) is 2.28. The highest BCUT2D eigenvalue weighted by atomic mass is 32.1. The standard InChI is InChI=1S/C11H12N2S/c1-6-4-7(2)10-9(5-6)12-8(3)13-11(10)14/h4-5H,1-3H3,(H,12,13,14). The molecule has 14 heavy (non-hydrogen) atoms. The topological polar surface area (TPSA) is 28.7 Å². The van der Waals surface area contributed by atoms with E-state index < -0.39 is 0 Å². The van der Waals surface area contributed by atoms with Crippen molar-refractivity contribution < 1.29 is 0 Å². The van der Waals surface area contributed by atoms with Gasteiger partial charge in [0.15, 0.2) is 0 Å². The van der Waals surface area contributed by atoms with E-state index in [1.165, 1.54) is 11.1 Å². The fourth-order valence-electron chi connectivity index (χ4n) is 1.78. The molecule has 0 amide bonds. The van der Waals surface area contributed by atoms with Crippen molar-refractivity contribution in [1.82, 2.24) is 9.97 Å². The summed E-state index contributed by atoms with van der Waals surface area (Å²) in [4.78, 5) is 7.49. The Kier molecular flexibility index (Phi) is 2.11. The Labute approximate surface area is 88.0 Å². The van der Waals surface area contributed by atoms with E-state index in [2.05, 4.69) is 35.9 Å². The van der Waals surface area contributed by atoms with Gasteiger partial charge in [0.05, 0.1) is 5.52 Å². The first-order chi connectivity index (χ1) is 6.58. The van der Waals surface area contributed by atoms with E-state index in [0.29, 0.717) is 4.64 Å². The van der Waals surface area contributed by atoms with Gasteiger partial charge in [0.2, 0.25) is 0 Å². The quantitative estimate of drug-likeness (QED) is 0.667. The second-order valence-electron chi connectivity index (χ2n) is 3.63. The number of aromatic amines is 1. The summed E-state index contributed by atoms with van der Waals surface area (Å²) in [7, 11) is 0. The molecule has 0 aliphatic rings. The molecule has 0 atom stereocenters. The number of nitrogens with zero attached hydrogens (tertiary/aromatic N) is 1. The summed E-state index contributed by atoms with van der Waals surface area (Å²) in [6.07, 6.45) is 0. The smallest absolute Gasteiger partial charge is 0.137 e. The summed E-state index contributed by atoms with van der Waals surface area (Å²) < 4.78 is 0.689. The number of hydrogen-bond donors (Lipinski definition) is 1. The van der Waals surface area contributed by atoms with Gasteiger partial charge in [0.25, 0.3) is 0 Å². The lowest BCUT2D eigenvalue weighted by molar-refractivity contribution is 1.08. The number of fused-ring (bicyclic) bond motifs is 1. The van der Waals surface area contributed by atoms with Crippen molar-refractivity contribution in [3.63, 3.8) is 0 Å². The van der Waals surface area contributed by atoms with Gasteiger partial charge in [0.1, 0.15) is 10.5 Å². The number of aromatic nitrogens is 2. The number of benzene rings is 1. The number of rotatable bonds is 0. The Hall–Kier alpha value is -1.22. The molecular weight excluding hydrogens is 192 g/mol. The molecule has 0 aliphatic heterocycles. The first-order valence-electron chi connectivity index (χ1n) is 4.56. The minimum absolute atomic E-state index is 0.689. The van der Waals surface area contributed by atoms with Crippen LogP contribution in [-0.4, -0.2) is 9.97 Å². The van der Waals surface area contributed by atoms with Crippen molar-refractivity contribution in [2.45, 2.75) is 20.8 Å². The van der Waals surface area contributed by atoms with Gasteiger partial charge >= 0.3 is 0 Å². The highest BCUT2D eigenvalue weighted by Gasteiger charge is 2.02. The number of hydrogen-bond acceptors (Lipinski definition) is 2. The fourth-order valence-corrected chi connectivity index (χ4v) is 2.19. The van der Waals surface area contributed by atoms with Gasteiger partial charge in [-0.25, -0.2) is 4.98 Å². The second-order valence-corrected chi connectivity index (χ2v) is 4.02. The van der Waals surface area contributed by atoms with Crippen LogP contribution in [0.5, 0.6) is 0 Å². The summed E-state index contributed by atoms with van der Waals surface area (Å²) in [5.74, 6) is 0.868. The summed E-state index contributed by atoms with van der Waals surface area (Å²) in [5, 5.41) is 1.07. The lowest BCUT2D eigenvalue weighted by Crippen LogP contribution is -1.92. The zero-order chi connectivity index (χ0) is 10.3. The van der Waals surface area contributed by atoms with Crippen LogP contribution in [0.25, 0.3) is 10.9 Å². The maximum atomic E-state index is 5.24. The van der Waals surface area contributed by atoms with Crippen LogP contribution < -0.4 is 0 Å². The van der Waals surface area contributed by atoms with Crippen LogP contribution in [0.1, 0.15) is 17.0 Å². The number of aryl methyl sites for hydroxylation is 3. The minimum atomic E-state index is 0.689. The van der Waals surface area contributed by atoms with Crippen molar-refractivity contribution in [1.29, 1.82) is 0 Å². The predicted molar refractivity (Wildman–Crippen MR) is 61.1 cm³/mol. The molecule has 72 valence electrons. The molecule has 3 heteroatoms. The molecule has 1 aromatic heterocycles. The van der Waals surface area contributed by atoms with Gasteiger partial charge in [0, 0.05) is 5.39 Å². The molecule has 2 rings (SSSR count). The first kappa shape index (κ1) is 9.34. The Balaban J connectivity index is 3.02. The third-order valence-corrected chi connectivity index (χ3v) is 2.57.